The van der Waals surface area contributed by atoms with E-state index in [1.165, 1.54) is 12.1 Å². The van der Waals surface area contributed by atoms with E-state index in [-0.39, 0.29) is 37.1 Å². The highest BCUT2D eigenvalue weighted by atomic mass is 32.2. The van der Waals surface area contributed by atoms with Gasteiger partial charge >= 0.3 is 11.9 Å². The molecule has 0 bridgehead atoms. The Hall–Kier alpha value is -4.83. The number of amides is 3. The van der Waals surface area contributed by atoms with Crippen molar-refractivity contribution in [1.29, 1.82) is 0 Å². The van der Waals surface area contributed by atoms with Gasteiger partial charge in [0.1, 0.15) is 35.2 Å². The van der Waals surface area contributed by atoms with E-state index in [1.54, 1.807) is 42.5 Å². The Bertz CT molecular complexity index is 1580. The van der Waals surface area contributed by atoms with Crippen molar-refractivity contribution in [3.63, 3.8) is 0 Å². The van der Waals surface area contributed by atoms with Crippen molar-refractivity contribution in [2.45, 2.75) is 50.2 Å². The number of carboxylic acid groups (broad SMARTS) is 1. The number of esters is 1. The average molecular weight is 645 g/mol. The summed E-state index contributed by atoms with van der Waals surface area (Å²) in [5.41, 5.74) is -0.00290. The molecule has 0 spiro atoms. The molecular formula is C29H32N4O11S. The predicted molar refractivity (Wildman–Crippen MR) is 155 cm³/mol. The summed E-state index contributed by atoms with van der Waals surface area (Å²) in [5.74, 6) is -4.99. The number of ether oxygens (including phenoxy) is 2. The smallest absolute Gasteiger partial charge is 0.342 e. The number of ketones is 1. The number of hydrazine groups is 1. The van der Waals surface area contributed by atoms with Gasteiger partial charge in [-0.15, -0.1) is 0 Å². The van der Waals surface area contributed by atoms with E-state index in [0.29, 0.717) is 12.2 Å². The minimum atomic E-state index is -3.85. The average Bonchev–Trinajstić information content (AvgIpc) is 3.11. The third kappa shape index (κ3) is 8.63. The van der Waals surface area contributed by atoms with Gasteiger partial charge < -0.3 is 19.9 Å². The number of nitrogens with one attached hydrogen (secondary N) is 2. The monoisotopic (exact) mass is 644 g/mol. The third-order valence-electron chi connectivity index (χ3n) is 7.03. The van der Waals surface area contributed by atoms with E-state index in [4.69, 9.17) is 9.47 Å². The molecule has 2 aliphatic heterocycles. The minimum Gasteiger partial charge on any atom is -0.481 e. The van der Waals surface area contributed by atoms with Crippen LogP contribution in [0.3, 0.4) is 0 Å². The van der Waals surface area contributed by atoms with E-state index in [9.17, 15) is 42.3 Å². The van der Waals surface area contributed by atoms with Gasteiger partial charge in [0.2, 0.25) is 21.8 Å². The molecule has 45 heavy (non-hydrogen) atoms. The number of hydrogen-bond donors (Lipinski definition) is 3. The maximum Gasteiger partial charge on any atom is 0.342 e. The number of rotatable bonds is 12. The van der Waals surface area contributed by atoms with Gasteiger partial charge in [-0.05, 0) is 43.5 Å². The summed E-state index contributed by atoms with van der Waals surface area (Å²) >= 11 is 0. The largest absolute Gasteiger partial charge is 0.481 e. The van der Waals surface area contributed by atoms with Crippen molar-refractivity contribution < 1.29 is 51.8 Å². The summed E-state index contributed by atoms with van der Waals surface area (Å²) in [6, 6.07) is 10.4. The number of aliphatic carboxylic acids is 1. The van der Waals surface area contributed by atoms with Crippen LogP contribution in [0, 0.1) is 0 Å². The number of carboxylic acids is 1. The second-order valence-electron chi connectivity index (χ2n) is 10.5. The van der Waals surface area contributed by atoms with Gasteiger partial charge in [0, 0.05) is 13.0 Å². The van der Waals surface area contributed by atoms with E-state index in [0.717, 1.165) is 16.3 Å². The molecule has 0 saturated carbocycles. The van der Waals surface area contributed by atoms with Crippen LogP contribution in [-0.4, -0.2) is 96.5 Å². The SMILES string of the molecule is CS(=O)(=O)NC1CCC(=O)N2CCCC(C(=O)NC(CC(=O)O)C(=O)COC(=O)c3ccccc3Oc3ccccc3)N2C1=O. The van der Waals surface area contributed by atoms with Crippen LogP contribution in [0.25, 0.3) is 0 Å². The minimum absolute atomic E-state index is 0.00290. The number of fused-ring (bicyclic) bond motifs is 1. The lowest BCUT2D eigenvalue weighted by atomic mass is 10.0. The number of nitrogens with zero attached hydrogens (tertiary/aromatic N) is 2. The van der Waals surface area contributed by atoms with Crippen LogP contribution in [0.4, 0.5) is 0 Å². The molecule has 15 nitrogen and oxygen atoms in total. The fraction of sp³-hybridized carbons (Fsp3) is 0.379. The zero-order valence-corrected chi connectivity index (χ0v) is 25.0. The molecule has 4 rings (SSSR count). The molecular weight excluding hydrogens is 612 g/mol. The fourth-order valence-electron chi connectivity index (χ4n) is 4.98. The fourth-order valence-corrected chi connectivity index (χ4v) is 5.72. The first-order chi connectivity index (χ1) is 21.3. The quantitative estimate of drug-likeness (QED) is 0.273. The van der Waals surface area contributed by atoms with Crippen molar-refractivity contribution in [1.82, 2.24) is 20.1 Å². The van der Waals surface area contributed by atoms with Crippen molar-refractivity contribution in [2.75, 3.05) is 19.4 Å². The predicted octanol–water partition coefficient (Wildman–Crippen LogP) is 0.611. The Labute approximate surface area is 258 Å². The van der Waals surface area contributed by atoms with Gasteiger partial charge in [-0.3, -0.25) is 29.0 Å². The highest BCUT2D eigenvalue weighted by molar-refractivity contribution is 7.88. The lowest BCUT2D eigenvalue weighted by molar-refractivity contribution is -0.176. The van der Waals surface area contributed by atoms with Crippen molar-refractivity contribution in [3.05, 3.63) is 60.2 Å². The molecule has 2 aromatic carbocycles. The van der Waals surface area contributed by atoms with Crippen LogP contribution in [0.15, 0.2) is 54.6 Å². The van der Waals surface area contributed by atoms with E-state index in [1.807, 2.05) is 0 Å². The van der Waals surface area contributed by atoms with E-state index >= 15 is 0 Å². The molecule has 0 radical (unpaired) electrons. The van der Waals surface area contributed by atoms with Gasteiger partial charge in [0.05, 0.1) is 12.7 Å². The zero-order valence-electron chi connectivity index (χ0n) is 24.2. The zero-order chi connectivity index (χ0) is 32.7. The van der Waals surface area contributed by atoms with Gasteiger partial charge in [-0.25, -0.2) is 22.9 Å². The molecule has 3 N–H and O–H groups in total. The van der Waals surface area contributed by atoms with E-state index in [2.05, 4.69) is 10.0 Å². The first-order valence-electron chi connectivity index (χ1n) is 14.0. The summed E-state index contributed by atoms with van der Waals surface area (Å²) < 4.78 is 36.8. The standard InChI is InChI=1S/C29H32N4O11S/c1-45(41,42)31-20-13-14-25(35)32-15-7-11-22(33(32)28(20)39)27(38)30-21(16-26(36)37)23(34)17-43-29(40)19-10-5-6-12-24(19)44-18-8-3-2-4-9-18/h2-6,8-10,12,20-22,31H,7,11,13-17H2,1H3,(H,30,38)(H,36,37). The molecule has 2 fully saturated rings. The molecule has 2 saturated heterocycles. The summed E-state index contributed by atoms with van der Waals surface area (Å²) in [6.07, 6.45) is 0.0593. The third-order valence-corrected chi connectivity index (χ3v) is 7.74. The van der Waals surface area contributed by atoms with Crippen LogP contribution in [0.5, 0.6) is 11.5 Å². The topological polar surface area (TPSA) is 206 Å². The van der Waals surface area contributed by atoms with Gasteiger partial charge in [0.15, 0.2) is 12.4 Å². The van der Waals surface area contributed by atoms with Crippen molar-refractivity contribution in [2.24, 2.45) is 0 Å². The molecule has 2 aliphatic rings. The molecule has 3 atom stereocenters. The Morgan fingerprint density at radius 1 is 1.02 bits per heavy atom. The summed E-state index contributed by atoms with van der Waals surface area (Å²) in [4.78, 5) is 77.1. The number of carbonyl (C=O) groups is 6. The molecule has 3 unspecified atom stereocenters. The second kappa shape index (κ2) is 14.3. The normalized spacial score (nSPS) is 19.1. The van der Waals surface area contributed by atoms with Gasteiger partial charge in [-0.2, -0.15) is 0 Å². The number of benzene rings is 2. The summed E-state index contributed by atoms with van der Waals surface area (Å²) in [7, 11) is -3.85. The number of para-hydroxylation sites is 2. The first-order valence-corrected chi connectivity index (χ1v) is 15.9. The molecule has 0 aromatic heterocycles. The van der Waals surface area contributed by atoms with Crippen LogP contribution in [-0.2, 0) is 38.7 Å². The Morgan fingerprint density at radius 2 is 1.71 bits per heavy atom. The maximum absolute atomic E-state index is 13.4. The highest BCUT2D eigenvalue weighted by Crippen LogP contribution is 2.27. The molecule has 2 heterocycles. The molecule has 240 valence electrons. The number of carbonyl (C=O) groups excluding carboxylic acids is 5. The second-order valence-corrected chi connectivity index (χ2v) is 12.2. The number of Topliss-reactive ketones (excluding diaryl/α,β-unsaturated/α-hetero) is 1. The van der Waals surface area contributed by atoms with Gasteiger partial charge in [0.25, 0.3) is 5.91 Å². The van der Waals surface area contributed by atoms with Crippen molar-refractivity contribution >= 4 is 45.5 Å². The number of hydrogen-bond acceptors (Lipinski definition) is 10. The van der Waals surface area contributed by atoms with Crippen LogP contribution in [0.2, 0.25) is 0 Å². The summed E-state index contributed by atoms with van der Waals surface area (Å²) in [6.45, 7) is -0.794. The Morgan fingerprint density at radius 3 is 2.40 bits per heavy atom. The Kier molecular flexibility index (Phi) is 10.5. The maximum atomic E-state index is 13.4. The number of sulfonamides is 1. The Balaban J connectivity index is 1.47. The van der Waals surface area contributed by atoms with Crippen LogP contribution < -0.4 is 14.8 Å². The van der Waals surface area contributed by atoms with E-state index < -0.39 is 76.6 Å². The lowest BCUT2D eigenvalue weighted by Gasteiger charge is -2.43. The van der Waals surface area contributed by atoms with Crippen LogP contribution in [0.1, 0.15) is 42.5 Å². The highest BCUT2D eigenvalue weighted by Gasteiger charge is 2.45. The van der Waals surface area contributed by atoms with Crippen LogP contribution >= 0.6 is 0 Å². The lowest BCUT2D eigenvalue weighted by Crippen LogP contribution is -2.64. The van der Waals surface area contributed by atoms with Crippen molar-refractivity contribution in [3.8, 4) is 11.5 Å². The first kappa shape index (κ1) is 33.1. The molecule has 16 heteroatoms. The summed E-state index contributed by atoms with van der Waals surface area (Å²) in [5, 5.41) is 13.7. The molecule has 2 aromatic rings. The van der Waals surface area contributed by atoms with Gasteiger partial charge in [-0.1, -0.05) is 30.3 Å². The molecule has 3 amide bonds. The molecule has 0 aliphatic carbocycles.